The van der Waals surface area contributed by atoms with E-state index in [4.69, 9.17) is 9.47 Å². The number of anilines is 1. The van der Waals surface area contributed by atoms with Crippen LogP contribution in [0.1, 0.15) is 11.1 Å². The normalized spacial score (nSPS) is 10.6. The number of amides is 1. The highest BCUT2D eigenvalue weighted by molar-refractivity contribution is 5.91. The van der Waals surface area contributed by atoms with Crippen LogP contribution in [-0.2, 0) is 4.79 Å². The van der Waals surface area contributed by atoms with E-state index in [-0.39, 0.29) is 12.5 Å². The predicted octanol–water partition coefficient (Wildman–Crippen LogP) is 4.77. The summed E-state index contributed by atoms with van der Waals surface area (Å²) in [5.74, 6) is 1.14. The third-order valence-corrected chi connectivity index (χ3v) is 3.99. The van der Waals surface area contributed by atoms with Crippen molar-refractivity contribution >= 4 is 23.5 Å². The van der Waals surface area contributed by atoms with Crippen molar-refractivity contribution in [3.05, 3.63) is 83.9 Å². The minimum Gasteiger partial charge on any atom is -0.494 e. The molecule has 3 aromatic rings. The van der Waals surface area contributed by atoms with Gasteiger partial charge in [-0.3, -0.25) is 9.79 Å². The summed E-state index contributed by atoms with van der Waals surface area (Å²) < 4.78 is 10.9. The van der Waals surface area contributed by atoms with Crippen molar-refractivity contribution < 1.29 is 14.3 Å². The van der Waals surface area contributed by atoms with Crippen LogP contribution in [0.5, 0.6) is 11.5 Å². The third-order valence-electron chi connectivity index (χ3n) is 3.99. The zero-order valence-electron chi connectivity index (χ0n) is 15.9. The van der Waals surface area contributed by atoms with Gasteiger partial charge >= 0.3 is 0 Å². The van der Waals surface area contributed by atoms with E-state index in [1.54, 1.807) is 13.3 Å². The first-order chi connectivity index (χ1) is 13.6. The topological polar surface area (TPSA) is 59.9 Å². The van der Waals surface area contributed by atoms with Gasteiger partial charge in [-0.2, -0.15) is 0 Å². The van der Waals surface area contributed by atoms with Crippen LogP contribution in [0.2, 0.25) is 0 Å². The molecule has 142 valence electrons. The molecule has 0 saturated heterocycles. The molecule has 3 rings (SSSR count). The van der Waals surface area contributed by atoms with Gasteiger partial charge in [0.1, 0.15) is 17.2 Å². The van der Waals surface area contributed by atoms with Crippen LogP contribution in [0.4, 0.5) is 11.4 Å². The summed E-state index contributed by atoms with van der Waals surface area (Å²) in [4.78, 5) is 16.4. The largest absolute Gasteiger partial charge is 0.494 e. The van der Waals surface area contributed by atoms with E-state index in [0.717, 1.165) is 28.3 Å². The van der Waals surface area contributed by atoms with Crippen LogP contribution in [0.25, 0.3) is 0 Å². The molecule has 28 heavy (non-hydrogen) atoms. The predicted molar refractivity (Wildman–Crippen MR) is 112 cm³/mol. The smallest absolute Gasteiger partial charge is 0.262 e. The molecule has 0 aliphatic rings. The van der Waals surface area contributed by atoms with Gasteiger partial charge in [-0.05, 0) is 66.6 Å². The maximum atomic E-state index is 11.9. The highest BCUT2D eigenvalue weighted by atomic mass is 16.5. The summed E-state index contributed by atoms with van der Waals surface area (Å²) in [6.45, 7) is 1.96. The first kappa shape index (κ1) is 19.2. The Kier molecular flexibility index (Phi) is 6.41. The Morgan fingerprint density at radius 2 is 1.79 bits per heavy atom. The fraction of sp³-hybridized carbons (Fsp3) is 0.130. The molecule has 0 bridgehead atoms. The molecule has 0 unspecified atom stereocenters. The molecule has 0 radical (unpaired) electrons. The summed E-state index contributed by atoms with van der Waals surface area (Å²) in [7, 11) is 1.63. The zero-order valence-corrected chi connectivity index (χ0v) is 15.9. The van der Waals surface area contributed by atoms with Crippen LogP contribution in [0, 0.1) is 6.92 Å². The number of methoxy groups -OCH3 is 1. The molecule has 5 nitrogen and oxygen atoms in total. The van der Waals surface area contributed by atoms with Crippen LogP contribution in [0.3, 0.4) is 0 Å². The fourth-order valence-corrected chi connectivity index (χ4v) is 2.56. The molecule has 5 heteroatoms. The molecule has 1 amide bonds. The van der Waals surface area contributed by atoms with E-state index >= 15 is 0 Å². The van der Waals surface area contributed by atoms with Crippen molar-refractivity contribution in [2.24, 2.45) is 4.99 Å². The second-order valence-electron chi connectivity index (χ2n) is 6.21. The number of para-hydroxylation sites is 1. The molecule has 0 aliphatic heterocycles. The molecule has 1 N–H and O–H groups in total. The van der Waals surface area contributed by atoms with E-state index < -0.39 is 0 Å². The van der Waals surface area contributed by atoms with E-state index in [9.17, 15) is 4.79 Å². The van der Waals surface area contributed by atoms with Crippen molar-refractivity contribution in [1.82, 2.24) is 0 Å². The zero-order chi connectivity index (χ0) is 19.8. The number of aliphatic imine (C=N–C) groups is 1. The minimum absolute atomic E-state index is 0.0528. The fourth-order valence-electron chi connectivity index (χ4n) is 2.56. The molecule has 3 aromatic carbocycles. The number of carbonyl (C=O) groups is 1. The van der Waals surface area contributed by atoms with Crippen LogP contribution in [0.15, 0.2) is 77.8 Å². The van der Waals surface area contributed by atoms with Gasteiger partial charge in [0.15, 0.2) is 6.61 Å². The molecular formula is C23H22N2O3. The van der Waals surface area contributed by atoms with Crippen LogP contribution in [-0.4, -0.2) is 25.8 Å². The van der Waals surface area contributed by atoms with E-state index in [0.29, 0.717) is 5.75 Å². The SMILES string of the molecule is COc1ccc(C)cc1N=Cc1ccc(OCC(=O)Nc2ccccc2)cc1. The Morgan fingerprint density at radius 3 is 2.50 bits per heavy atom. The number of benzene rings is 3. The quantitative estimate of drug-likeness (QED) is 0.606. The lowest BCUT2D eigenvalue weighted by atomic mass is 10.2. The number of hydrogen-bond donors (Lipinski definition) is 1. The molecule has 0 spiro atoms. The summed E-state index contributed by atoms with van der Waals surface area (Å²) in [6, 6.07) is 22.5. The van der Waals surface area contributed by atoms with Gasteiger partial charge in [-0.15, -0.1) is 0 Å². The second kappa shape index (κ2) is 9.37. The summed E-state index contributed by atoms with van der Waals surface area (Å²) >= 11 is 0. The average molecular weight is 374 g/mol. The standard InChI is InChI=1S/C23H22N2O3/c1-17-8-13-22(27-2)21(14-17)24-15-18-9-11-20(12-10-18)28-16-23(26)25-19-6-4-3-5-7-19/h3-15H,16H2,1-2H3,(H,25,26). The van der Waals surface area contributed by atoms with Crippen molar-refractivity contribution in [3.8, 4) is 11.5 Å². The highest BCUT2D eigenvalue weighted by Crippen LogP contribution is 2.28. The Morgan fingerprint density at radius 1 is 1.04 bits per heavy atom. The van der Waals surface area contributed by atoms with Gasteiger partial charge in [0.05, 0.1) is 7.11 Å². The molecular weight excluding hydrogens is 352 g/mol. The van der Waals surface area contributed by atoms with Crippen LogP contribution < -0.4 is 14.8 Å². The Balaban J connectivity index is 1.56. The minimum atomic E-state index is -0.205. The highest BCUT2D eigenvalue weighted by Gasteiger charge is 2.04. The number of nitrogens with zero attached hydrogens (tertiary/aromatic N) is 1. The molecule has 0 fully saturated rings. The summed E-state index contributed by atoms with van der Waals surface area (Å²) in [5, 5.41) is 2.78. The lowest BCUT2D eigenvalue weighted by molar-refractivity contribution is -0.118. The lowest BCUT2D eigenvalue weighted by Crippen LogP contribution is -2.20. The molecule has 0 aliphatic carbocycles. The van der Waals surface area contributed by atoms with Crippen LogP contribution >= 0.6 is 0 Å². The number of hydrogen-bond acceptors (Lipinski definition) is 4. The first-order valence-electron chi connectivity index (χ1n) is 8.90. The number of rotatable bonds is 7. The summed E-state index contributed by atoms with van der Waals surface area (Å²) in [5.41, 5.74) is 3.56. The monoisotopic (exact) mass is 374 g/mol. The Labute approximate surface area is 164 Å². The Bertz CT molecular complexity index is 951. The summed E-state index contributed by atoms with van der Waals surface area (Å²) in [6.07, 6.45) is 1.77. The van der Waals surface area contributed by atoms with Gasteiger partial charge < -0.3 is 14.8 Å². The van der Waals surface area contributed by atoms with Gasteiger partial charge in [0.25, 0.3) is 5.91 Å². The number of aryl methyl sites for hydroxylation is 1. The second-order valence-corrected chi connectivity index (χ2v) is 6.21. The maximum Gasteiger partial charge on any atom is 0.262 e. The van der Waals surface area contributed by atoms with Gasteiger partial charge in [0, 0.05) is 11.9 Å². The van der Waals surface area contributed by atoms with Crippen molar-refractivity contribution in [3.63, 3.8) is 0 Å². The van der Waals surface area contributed by atoms with Gasteiger partial charge in [0.2, 0.25) is 0 Å². The van der Waals surface area contributed by atoms with Crippen molar-refractivity contribution in [2.75, 3.05) is 19.0 Å². The Hall–Kier alpha value is -3.60. The number of ether oxygens (including phenoxy) is 2. The van der Waals surface area contributed by atoms with Gasteiger partial charge in [-0.1, -0.05) is 24.3 Å². The lowest BCUT2D eigenvalue weighted by Gasteiger charge is -2.08. The van der Waals surface area contributed by atoms with Crippen molar-refractivity contribution in [1.29, 1.82) is 0 Å². The van der Waals surface area contributed by atoms with E-state index in [2.05, 4.69) is 10.3 Å². The molecule has 0 aromatic heterocycles. The van der Waals surface area contributed by atoms with Gasteiger partial charge in [-0.25, -0.2) is 0 Å². The number of carbonyl (C=O) groups excluding carboxylic acids is 1. The molecule has 0 saturated carbocycles. The first-order valence-corrected chi connectivity index (χ1v) is 8.90. The average Bonchev–Trinajstić information content (AvgIpc) is 2.72. The van der Waals surface area contributed by atoms with Crippen molar-refractivity contribution in [2.45, 2.75) is 6.92 Å². The van der Waals surface area contributed by atoms with E-state index in [1.807, 2.05) is 79.7 Å². The number of nitrogens with one attached hydrogen (secondary N) is 1. The molecule has 0 atom stereocenters. The third kappa shape index (κ3) is 5.45. The molecule has 0 heterocycles. The van der Waals surface area contributed by atoms with E-state index in [1.165, 1.54) is 0 Å². The maximum absolute atomic E-state index is 11.9.